The first-order valence-electron chi connectivity index (χ1n) is 38.1. The van der Waals surface area contributed by atoms with Crippen LogP contribution in [-0.2, 0) is 14.3 Å². The molecule has 1 amide bonds. The van der Waals surface area contributed by atoms with Crippen LogP contribution in [0, 0.1) is 0 Å². The van der Waals surface area contributed by atoms with E-state index in [0.29, 0.717) is 19.4 Å². The lowest BCUT2D eigenvalue weighted by atomic mass is 10.0. The molecule has 83 heavy (non-hydrogen) atoms. The van der Waals surface area contributed by atoms with Crippen LogP contribution in [0.2, 0.25) is 0 Å². The van der Waals surface area contributed by atoms with Crippen molar-refractivity contribution >= 4 is 11.9 Å². The van der Waals surface area contributed by atoms with Gasteiger partial charge in [-0.05, 0) is 57.8 Å². The van der Waals surface area contributed by atoms with E-state index < -0.39 is 12.1 Å². The minimum atomic E-state index is -0.843. The fourth-order valence-electron chi connectivity index (χ4n) is 12.2. The Hall–Kier alpha value is -1.66. The van der Waals surface area contributed by atoms with Crippen molar-refractivity contribution in [3.63, 3.8) is 0 Å². The summed E-state index contributed by atoms with van der Waals surface area (Å²) in [6.07, 6.45) is 92.8. The SMILES string of the molecule is CCCCCCCC/C=C\CCCCCCCCCCCC(=O)OCCCCCCCCCCCCCCCCCCCCCCCCCCCCCC(=O)NC(CO)C(O)/C=C/CCCCCCCCCCCCCCCCCCCC. The molecular weight excluding hydrogens is 1020 g/mol. The van der Waals surface area contributed by atoms with Crippen LogP contribution in [0.25, 0.3) is 0 Å². The molecule has 3 N–H and O–H groups in total. The van der Waals surface area contributed by atoms with Crippen LogP contribution in [0.15, 0.2) is 24.3 Å². The molecular formula is C77H149NO5. The van der Waals surface area contributed by atoms with Crippen molar-refractivity contribution in [2.75, 3.05) is 13.2 Å². The quantitative estimate of drug-likeness (QED) is 0.0320. The number of carbonyl (C=O) groups excluding carboxylic acids is 2. The largest absolute Gasteiger partial charge is 0.466 e. The number of aliphatic hydroxyl groups is 2. The zero-order valence-corrected chi connectivity index (χ0v) is 56.5. The maximum Gasteiger partial charge on any atom is 0.305 e. The van der Waals surface area contributed by atoms with Gasteiger partial charge in [-0.2, -0.15) is 0 Å². The second-order valence-electron chi connectivity index (χ2n) is 26.3. The van der Waals surface area contributed by atoms with E-state index in [1.165, 1.54) is 366 Å². The van der Waals surface area contributed by atoms with Crippen molar-refractivity contribution in [3.8, 4) is 0 Å². The van der Waals surface area contributed by atoms with E-state index in [-0.39, 0.29) is 18.5 Å². The van der Waals surface area contributed by atoms with Crippen LogP contribution in [0.3, 0.4) is 0 Å². The first-order valence-corrected chi connectivity index (χ1v) is 38.1. The number of unbranched alkanes of at least 4 members (excludes halogenated alkanes) is 59. The highest BCUT2D eigenvalue weighted by Gasteiger charge is 2.18. The Balaban J connectivity index is 3.36. The standard InChI is InChI=1S/C77H149NO5/c1-3-5-7-9-11-13-15-17-19-21-23-34-37-41-45-49-53-57-61-65-69-75(80)74(73-79)78-76(81)70-66-62-58-54-50-46-42-38-35-31-29-27-25-24-26-28-30-32-36-40-44-48-52-56-60-64-68-72-83-77(82)71-67-63-59-55-51-47-43-39-33-22-20-18-16-14-12-10-8-6-4-2/h18,20,65,69,74-75,79-80H,3-17,19,21-64,66-68,70-73H2,1-2H3,(H,78,81)/b20-18-,69-65+. The van der Waals surface area contributed by atoms with Gasteiger partial charge in [-0.1, -0.05) is 385 Å². The third-order valence-electron chi connectivity index (χ3n) is 18.0. The Morgan fingerprint density at radius 2 is 0.566 bits per heavy atom. The van der Waals surface area contributed by atoms with E-state index in [1.807, 2.05) is 6.08 Å². The van der Waals surface area contributed by atoms with Crippen LogP contribution in [0.1, 0.15) is 431 Å². The molecule has 6 heteroatoms. The van der Waals surface area contributed by atoms with Gasteiger partial charge < -0.3 is 20.3 Å². The van der Waals surface area contributed by atoms with Gasteiger partial charge in [0.1, 0.15) is 0 Å². The molecule has 0 aromatic carbocycles. The third kappa shape index (κ3) is 69.3. The van der Waals surface area contributed by atoms with Gasteiger partial charge in [0, 0.05) is 12.8 Å². The van der Waals surface area contributed by atoms with Gasteiger partial charge in [0.15, 0.2) is 0 Å². The first kappa shape index (κ1) is 81.3. The maximum atomic E-state index is 12.5. The summed E-state index contributed by atoms with van der Waals surface area (Å²) in [7, 11) is 0. The predicted molar refractivity (Wildman–Crippen MR) is 366 cm³/mol. The molecule has 0 rings (SSSR count). The molecule has 0 fully saturated rings. The topological polar surface area (TPSA) is 95.9 Å². The summed E-state index contributed by atoms with van der Waals surface area (Å²) >= 11 is 0. The van der Waals surface area contributed by atoms with E-state index in [9.17, 15) is 19.8 Å². The number of amides is 1. The van der Waals surface area contributed by atoms with Gasteiger partial charge in [0.05, 0.1) is 25.4 Å². The summed E-state index contributed by atoms with van der Waals surface area (Å²) in [6, 6.07) is -0.626. The zero-order chi connectivity index (χ0) is 59.9. The Morgan fingerprint density at radius 3 is 0.855 bits per heavy atom. The fourth-order valence-corrected chi connectivity index (χ4v) is 12.2. The molecule has 2 unspecified atom stereocenters. The fraction of sp³-hybridized carbons (Fsp3) is 0.922. The number of nitrogens with one attached hydrogen (secondary N) is 1. The number of hydrogen-bond acceptors (Lipinski definition) is 5. The minimum absolute atomic E-state index is 0.0183. The van der Waals surface area contributed by atoms with Crippen molar-refractivity contribution in [1.29, 1.82) is 0 Å². The average Bonchev–Trinajstić information content (AvgIpc) is 3.49. The first-order chi connectivity index (χ1) is 41.0. The lowest BCUT2D eigenvalue weighted by Gasteiger charge is -2.20. The minimum Gasteiger partial charge on any atom is -0.466 e. The molecule has 0 aromatic rings. The van der Waals surface area contributed by atoms with Crippen LogP contribution in [-0.4, -0.2) is 47.4 Å². The average molecular weight is 1170 g/mol. The van der Waals surface area contributed by atoms with E-state index in [4.69, 9.17) is 4.74 Å². The normalized spacial score (nSPS) is 12.6. The number of esters is 1. The molecule has 0 bridgehead atoms. The summed E-state index contributed by atoms with van der Waals surface area (Å²) in [6.45, 7) is 4.95. The summed E-state index contributed by atoms with van der Waals surface area (Å²) in [5, 5.41) is 23.3. The van der Waals surface area contributed by atoms with E-state index >= 15 is 0 Å². The van der Waals surface area contributed by atoms with Crippen molar-refractivity contribution in [1.82, 2.24) is 5.32 Å². The molecule has 0 aliphatic carbocycles. The van der Waals surface area contributed by atoms with Crippen LogP contribution in [0.5, 0.6) is 0 Å². The number of hydrogen-bond donors (Lipinski definition) is 3. The Kier molecular flexibility index (Phi) is 71.4. The number of ether oxygens (including phenoxy) is 1. The van der Waals surface area contributed by atoms with Crippen LogP contribution < -0.4 is 5.32 Å². The molecule has 6 nitrogen and oxygen atoms in total. The number of aliphatic hydroxyl groups excluding tert-OH is 2. The second kappa shape index (κ2) is 72.8. The van der Waals surface area contributed by atoms with E-state index in [2.05, 4.69) is 31.3 Å². The van der Waals surface area contributed by atoms with Crippen molar-refractivity contribution in [2.24, 2.45) is 0 Å². The van der Waals surface area contributed by atoms with Gasteiger partial charge in [-0.3, -0.25) is 9.59 Å². The molecule has 0 aliphatic rings. The number of rotatable bonds is 72. The highest BCUT2D eigenvalue weighted by Crippen LogP contribution is 2.19. The Bertz CT molecular complexity index is 1300. The molecule has 0 aromatic heterocycles. The monoisotopic (exact) mass is 1170 g/mol. The molecule has 0 heterocycles. The summed E-state index contributed by atoms with van der Waals surface area (Å²) in [5.41, 5.74) is 0. The number of carbonyl (C=O) groups is 2. The Labute approximate surface area is 520 Å². The summed E-state index contributed by atoms with van der Waals surface area (Å²) in [5.74, 6) is -0.0426. The van der Waals surface area contributed by atoms with Gasteiger partial charge in [-0.25, -0.2) is 0 Å². The zero-order valence-electron chi connectivity index (χ0n) is 56.5. The smallest absolute Gasteiger partial charge is 0.305 e. The third-order valence-corrected chi connectivity index (χ3v) is 18.0. The molecule has 492 valence electrons. The van der Waals surface area contributed by atoms with Gasteiger partial charge >= 0.3 is 5.97 Å². The highest BCUT2D eigenvalue weighted by molar-refractivity contribution is 5.76. The molecule has 0 spiro atoms. The van der Waals surface area contributed by atoms with Crippen molar-refractivity contribution < 1.29 is 24.5 Å². The van der Waals surface area contributed by atoms with Crippen LogP contribution in [0.4, 0.5) is 0 Å². The van der Waals surface area contributed by atoms with Crippen molar-refractivity contribution in [3.05, 3.63) is 24.3 Å². The Morgan fingerprint density at radius 1 is 0.325 bits per heavy atom. The molecule has 0 radical (unpaired) electrons. The predicted octanol–water partition coefficient (Wildman–Crippen LogP) is 24.9. The second-order valence-corrected chi connectivity index (χ2v) is 26.3. The molecule has 0 saturated heterocycles. The van der Waals surface area contributed by atoms with Gasteiger partial charge in [0.25, 0.3) is 0 Å². The summed E-state index contributed by atoms with van der Waals surface area (Å²) < 4.78 is 5.52. The molecule has 0 saturated carbocycles. The maximum absolute atomic E-state index is 12.5. The van der Waals surface area contributed by atoms with Gasteiger partial charge in [-0.15, -0.1) is 0 Å². The highest BCUT2D eigenvalue weighted by atomic mass is 16.5. The van der Waals surface area contributed by atoms with Crippen molar-refractivity contribution in [2.45, 2.75) is 443 Å². The van der Waals surface area contributed by atoms with Gasteiger partial charge in [0.2, 0.25) is 5.91 Å². The molecule has 0 aliphatic heterocycles. The number of allylic oxidation sites excluding steroid dienone is 3. The van der Waals surface area contributed by atoms with Crippen LogP contribution >= 0.6 is 0 Å². The lowest BCUT2D eigenvalue weighted by Crippen LogP contribution is -2.45. The van der Waals surface area contributed by atoms with E-state index in [0.717, 1.165) is 38.5 Å². The molecule has 2 atom stereocenters. The lowest BCUT2D eigenvalue weighted by molar-refractivity contribution is -0.143. The summed E-state index contributed by atoms with van der Waals surface area (Å²) in [4.78, 5) is 24.7. The van der Waals surface area contributed by atoms with E-state index in [1.54, 1.807) is 6.08 Å².